The lowest BCUT2D eigenvalue weighted by Gasteiger charge is -2.41. The summed E-state index contributed by atoms with van der Waals surface area (Å²) in [6.45, 7) is 11.2. The molecule has 2 aliphatic rings. The SMILES string of the molecule is Cc1cc2c(N3CCN(C(=O)OC(C)(C)C)C[C@@H]3C)nc(=O)n3c2c(c1-c1ccc(F)cc1F)SCC3. The zero-order valence-electron chi connectivity index (χ0n) is 21.6. The van der Waals surface area contributed by atoms with E-state index in [4.69, 9.17) is 4.74 Å². The van der Waals surface area contributed by atoms with Gasteiger partial charge in [-0.3, -0.25) is 4.57 Å². The Labute approximate surface area is 218 Å². The second-order valence-electron chi connectivity index (χ2n) is 10.6. The molecule has 0 bridgehead atoms. The van der Waals surface area contributed by atoms with Crippen molar-refractivity contribution in [1.29, 1.82) is 0 Å². The van der Waals surface area contributed by atoms with Crippen molar-refractivity contribution in [2.75, 3.05) is 30.3 Å². The number of hydrogen-bond donors (Lipinski definition) is 0. The van der Waals surface area contributed by atoms with Gasteiger partial charge < -0.3 is 14.5 Å². The molecule has 2 aliphatic heterocycles. The van der Waals surface area contributed by atoms with Gasteiger partial charge in [-0.1, -0.05) is 0 Å². The van der Waals surface area contributed by atoms with Gasteiger partial charge in [0.1, 0.15) is 23.1 Å². The first kappa shape index (κ1) is 25.5. The molecule has 1 amide bonds. The maximum Gasteiger partial charge on any atom is 0.410 e. The molecule has 1 saturated heterocycles. The van der Waals surface area contributed by atoms with E-state index in [1.807, 2.05) is 40.7 Å². The second-order valence-corrected chi connectivity index (χ2v) is 11.7. The van der Waals surface area contributed by atoms with E-state index in [-0.39, 0.29) is 17.8 Å². The Morgan fingerprint density at radius 3 is 2.59 bits per heavy atom. The normalized spacial score (nSPS) is 17.9. The predicted octanol–water partition coefficient (Wildman–Crippen LogP) is 5.20. The molecule has 0 radical (unpaired) electrons. The van der Waals surface area contributed by atoms with Crippen molar-refractivity contribution in [2.45, 2.75) is 57.7 Å². The van der Waals surface area contributed by atoms with Gasteiger partial charge in [-0.25, -0.2) is 18.4 Å². The van der Waals surface area contributed by atoms with E-state index in [2.05, 4.69) is 9.88 Å². The summed E-state index contributed by atoms with van der Waals surface area (Å²) in [6.07, 6.45) is -0.359. The van der Waals surface area contributed by atoms with E-state index in [9.17, 15) is 18.4 Å². The van der Waals surface area contributed by atoms with Gasteiger partial charge in [-0.15, -0.1) is 11.8 Å². The zero-order valence-corrected chi connectivity index (χ0v) is 22.4. The molecule has 1 aromatic heterocycles. The summed E-state index contributed by atoms with van der Waals surface area (Å²) in [5.41, 5.74) is 1.57. The van der Waals surface area contributed by atoms with Crippen LogP contribution in [0.1, 0.15) is 33.3 Å². The van der Waals surface area contributed by atoms with Gasteiger partial charge in [0.15, 0.2) is 0 Å². The van der Waals surface area contributed by atoms with Crippen LogP contribution in [0.25, 0.3) is 22.0 Å². The Kier molecular flexibility index (Phi) is 6.42. The van der Waals surface area contributed by atoms with Crippen molar-refractivity contribution >= 4 is 34.6 Å². The second kappa shape index (κ2) is 9.31. The lowest BCUT2D eigenvalue weighted by molar-refractivity contribution is 0.0218. The number of benzene rings is 2. The third-order valence-electron chi connectivity index (χ3n) is 6.71. The molecule has 1 atom stereocenters. The fraction of sp³-hybridized carbons (Fsp3) is 0.444. The van der Waals surface area contributed by atoms with Crippen molar-refractivity contribution in [3.05, 3.63) is 51.9 Å². The van der Waals surface area contributed by atoms with Gasteiger partial charge in [-0.2, -0.15) is 4.98 Å². The topological polar surface area (TPSA) is 67.7 Å². The highest BCUT2D eigenvalue weighted by atomic mass is 32.2. The highest BCUT2D eigenvalue weighted by molar-refractivity contribution is 7.99. The van der Waals surface area contributed by atoms with Crippen LogP contribution in [-0.4, -0.2) is 57.6 Å². The quantitative estimate of drug-likeness (QED) is 0.456. The fourth-order valence-corrected chi connectivity index (χ4v) is 6.37. The van der Waals surface area contributed by atoms with E-state index in [0.717, 1.165) is 27.4 Å². The van der Waals surface area contributed by atoms with Crippen LogP contribution >= 0.6 is 11.8 Å². The summed E-state index contributed by atoms with van der Waals surface area (Å²) in [7, 11) is 0. The summed E-state index contributed by atoms with van der Waals surface area (Å²) in [4.78, 5) is 34.9. The lowest BCUT2D eigenvalue weighted by atomic mass is 9.97. The maximum atomic E-state index is 14.9. The van der Waals surface area contributed by atoms with Crippen LogP contribution < -0.4 is 10.6 Å². The minimum Gasteiger partial charge on any atom is -0.444 e. The fourth-order valence-electron chi connectivity index (χ4n) is 5.12. The van der Waals surface area contributed by atoms with E-state index in [0.29, 0.717) is 48.9 Å². The molecule has 1 fully saturated rings. The maximum absolute atomic E-state index is 14.9. The molecular formula is C27H30F2N4O3S. The van der Waals surface area contributed by atoms with Crippen molar-refractivity contribution in [3.8, 4) is 11.1 Å². The predicted molar refractivity (Wildman–Crippen MR) is 141 cm³/mol. The number of nitrogens with zero attached hydrogens (tertiary/aromatic N) is 4. The van der Waals surface area contributed by atoms with Crippen LogP contribution in [0.15, 0.2) is 34.0 Å². The number of aromatic nitrogens is 2. The number of carbonyl (C=O) groups is 1. The first-order valence-electron chi connectivity index (χ1n) is 12.4. The Bertz CT molecular complexity index is 1470. The van der Waals surface area contributed by atoms with Gasteiger partial charge in [0, 0.05) is 65.4 Å². The van der Waals surface area contributed by atoms with E-state index in [1.54, 1.807) is 21.2 Å². The number of halogens is 2. The molecule has 2 aromatic carbocycles. The molecule has 7 nitrogen and oxygen atoms in total. The molecule has 196 valence electrons. The molecule has 37 heavy (non-hydrogen) atoms. The third kappa shape index (κ3) is 4.67. The summed E-state index contributed by atoms with van der Waals surface area (Å²) in [5.74, 6) is -0.0674. The van der Waals surface area contributed by atoms with Crippen LogP contribution in [-0.2, 0) is 11.3 Å². The number of aryl methyl sites for hydroxylation is 2. The number of anilines is 1. The van der Waals surface area contributed by atoms with Gasteiger partial charge in [0.05, 0.1) is 5.52 Å². The van der Waals surface area contributed by atoms with Crippen LogP contribution in [0.5, 0.6) is 0 Å². The van der Waals surface area contributed by atoms with Crippen LogP contribution in [0.2, 0.25) is 0 Å². The molecule has 0 unspecified atom stereocenters. The zero-order chi connectivity index (χ0) is 26.6. The minimum atomic E-state index is -0.639. The Morgan fingerprint density at radius 1 is 1.16 bits per heavy atom. The van der Waals surface area contributed by atoms with Gasteiger partial charge in [0.2, 0.25) is 0 Å². The number of rotatable bonds is 2. The molecule has 0 aliphatic carbocycles. The van der Waals surface area contributed by atoms with Crippen molar-refractivity contribution in [1.82, 2.24) is 14.5 Å². The number of ether oxygens (including phenoxy) is 1. The van der Waals surface area contributed by atoms with Crippen LogP contribution in [0, 0.1) is 18.6 Å². The Morgan fingerprint density at radius 2 is 1.92 bits per heavy atom. The number of piperazine rings is 1. The van der Waals surface area contributed by atoms with Gasteiger partial charge in [0.25, 0.3) is 0 Å². The number of carbonyl (C=O) groups excluding carboxylic acids is 1. The van der Waals surface area contributed by atoms with E-state index in [1.165, 1.54) is 12.1 Å². The Hall–Kier alpha value is -3.14. The smallest absolute Gasteiger partial charge is 0.410 e. The number of hydrogen-bond acceptors (Lipinski definition) is 6. The van der Waals surface area contributed by atoms with Crippen molar-refractivity contribution in [3.63, 3.8) is 0 Å². The minimum absolute atomic E-state index is 0.110. The van der Waals surface area contributed by atoms with Crippen molar-refractivity contribution in [2.24, 2.45) is 0 Å². The highest BCUT2D eigenvalue weighted by Crippen LogP contribution is 2.44. The molecule has 0 saturated carbocycles. The summed E-state index contributed by atoms with van der Waals surface area (Å²) < 4.78 is 35.7. The molecule has 5 rings (SSSR count). The number of thioether (sulfide) groups is 1. The average molecular weight is 529 g/mol. The summed E-state index contributed by atoms with van der Waals surface area (Å²) in [5, 5.41) is 0.808. The average Bonchev–Trinajstić information content (AvgIpc) is 2.81. The van der Waals surface area contributed by atoms with Gasteiger partial charge >= 0.3 is 11.8 Å². The lowest BCUT2D eigenvalue weighted by Crippen LogP contribution is -2.55. The third-order valence-corrected chi connectivity index (χ3v) is 7.78. The highest BCUT2D eigenvalue weighted by Gasteiger charge is 2.33. The molecule has 10 heteroatoms. The first-order valence-corrected chi connectivity index (χ1v) is 13.3. The largest absolute Gasteiger partial charge is 0.444 e. The standard InChI is InChI=1S/C27H30F2N4O3S/c1-15-12-19-22-23(21(15)18-7-6-17(28)13-20(18)29)37-11-10-33(22)25(34)30-24(19)32-9-8-31(14-16(32)2)26(35)36-27(3,4)5/h6-7,12-13,16H,8-11,14H2,1-5H3/t16-/m0/s1. The van der Waals surface area contributed by atoms with E-state index >= 15 is 0 Å². The van der Waals surface area contributed by atoms with Crippen molar-refractivity contribution < 1.29 is 18.3 Å². The van der Waals surface area contributed by atoms with Crippen LogP contribution in [0.3, 0.4) is 0 Å². The monoisotopic (exact) mass is 528 g/mol. The number of amides is 1. The summed E-state index contributed by atoms with van der Waals surface area (Å²) in [6, 6.07) is 5.41. The van der Waals surface area contributed by atoms with E-state index < -0.39 is 17.2 Å². The molecule has 3 aromatic rings. The molecule has 0 N–H and O–H groups in total. The summed E-state index contributed by atoms with van der Waals surface area (Å²) >= 11 is 1.57. The van der Waals surface area contributed by atoms with Gasteiger partial charge in [-0.05, 0) is 58.4 Å². The molecule has 0 spiro atoms. The molecular weight excluding hydrogens is 498 g/mol. The Balaban J connectivity index is 1.60. The first-order chi connectivity index (χ1) is 17.4. The van der Waals surface area contributed by atoms with Crippen LogP contribution in [0.4, 0.5) is 19.4 Å². The molecule has 3 heterocycles.